The van der Waals surface area contributed by atoms with Gasteiger partial charge in [-0.05, 0) is 29.5 Å². The number of tetrazole rings is 1. The predicted octanol–water partition coefficient (Wildman–Crippen LogP) is 0.900. The van der Waals surface area contributed by atoms with Crippen LogP contribution in [0, 0.1) is 11.6 Å². The number of ether oxygens (including phenoxy) is 1. The van der Waals surface area contributed by atoms with Gasteiger partial charge in [0.25, 0.3) is 0 Å². The number of esters is 1. The maximum absolute atomic E-state index is 13.3. The van der Waals surface area contributed by atoms with Crippen LogP contribution in [0.4, 0.5) is 8.78 Å². The molecule has 24 heavy (non-hydrogen) atoms. The highest BCUT2D eigenvalue weighted by Crippen LogP contribution is 2.13. The van der Waals surface area contributed by atoms with Crippen molar-refractivity contribution in [1.29, 1.82) is 0 Å². The van der Waals surface area contributed by atoms with Crippen LogP contribution in [0.15, 0.2) is 18.2 Å². The van der Waals surface area contributed by atoms with E-state index in [-0.39, 0.29) is 43.4 Å². The SMILES string of the molecule is CCOC(=O)CCC(=O)NCc1nnnn1-c1ccc(F)c(F)c1. The number of rotatable bonds is 7. The second-order valence-corrected chi connectivity index (χ2v) is 4.69. The summed E-state index contributed by atoms with van der Waals surface area (Å²) in [6, 6.07) is 3.20. The molecule has 0 aliphatic heterocycles. The van der Waals surface area contributed by atoms with Gasteiger partial charge in [0.2, 0.25) is 5.91 Å². The van der Waals surface area contributed by atoms with Crippen molar-refractivity contribution in [3.63, 3.8) is 0 Å². The summed E-state index contributed by atoms with van der Waals surface area (Å²) in [5, 5.41) is 13.4. The lowest BCUT2D eigenvalue weighted by molar-refractivity contribution is -0.144. The second-order valence-electron chi connectivity index (χ2n) is 4.69. The molecule has 0 bridgehead atoms. The molecule has 0 saturated carbocycles. The third kappa shape index (κ3) is 4.54. The fourth-order valence-corrected chi connectivity index (χ4v) is 1.85. The van der Waals surface area contributed by atoms with E-state index >= 15 is 0 Å². The maximum Gasteiger partial charge on any atom is 0.306 e. The van der Waals surface area contributed by atoms with Gasteiger partial charge < -0.3 is 10.1 Å². The number of nitrogens with zero attached hydrogens (tertiary/aromatic N) is 4. The fraction of sp³-hybridized carbons (Fsp3) is 0.357. The molecule has 2 aromatic rings. The summed E-state index contributed by atoms with van der Waals surface area (Å²) in [6.07, 6.45) is -0.0701. The molecule has 0 aliphatic rings. The Morgan fingerprint density at radius 2 is 2.04 bits per heavy atom. The van der Waals surface area contributed by atoms with Gasteiger partial charge in [-0.2, -0.15) is 4.68 Å². The van der Waals surface area contributed by atoms with Gasteiger partial charge >= 0.3 is 5.97 Å². The van der Waals surface area contributed by atoms with Gasteiger partial charge in [-0.25, -0.2) is 8.78 Å². The van der Waals surface area contributed by atoms with Crippen LogP contribution in [0.2, 0.25) is 0 Å². The monoisotopic (exact) mass is 339 g/mol. The first kappa shape index (κ1) is 17.4. The number of benzene rings is 1. The molecule has 1 heterocycles. The van der Waals surface area contributed by atoms with Gasteiger partial charge in [0.05, 0.1) is 25.3 Å². The first-order chi connectivity index (χ1) is 11.5. The predicted molar refractivity (Wildman–Crippen MR) is 76.8 cm³/mol. The fourth-order valence-electron chi connectivity index (χ4n) is 1.85. The summed E-state index contributed by atoms with van der Waals surface area (Å²) in [5.74, 6) is -2.64. The molecule has 0 radical (unpaired) electrons. The molecule has 0 aliphatic carbocycles. The highest BCUT2D eigenvalue weighted by molar-refractivity contribution is 5.81. The van der Waals surface area contributed by atoms with Crippen LogP contribution in [0.5, 0.6) is 0 Å². The molecule has 0 spiro atoms. The molecule has 1 N–H and O–H groups in total. The molecule has 2 rings (SSSR count). The van der Waals surface area contributed by atoms with Crippen molar-refractivity contribution < 1.29 is 23.1 Å². The zero-order chi connectivity index (χ0) is 17.5. The summed E-state index contributed by atoms with van der Waals surface area (Å²) in [6.45, 7) is 1.90. The Labute approximate surface area is 135 Å². The molecule has 128 valence electrons. The topological polar surface area (TPSA) is 99.0 Å². The van der Waals surface area contributed by atoms with Crippen molar-refractivity contribution in [3.05, 3.63) is 35.7 Å². The van der Waals surface area contributed by atoms with Crippen molar-refractivity contribution in [1.82, 2.24) is 25.5 Å². The van der Waals surface area contributed by atoms with E-state index in [0.29, 0.717) is 0 Å². The number of hydrogen-bond donors (Lipinski definition) is 1. The Kier molecular flexibility index (Phi) is 5.88. The summed E-state index contributed by atoms with van der Waals surface area (Å²) >= 11 is 0. The van der Waals surface area contributed by atoms with Crippen molar-refractivity contribution in [3.8, 4) is 5.69 Å². The number of aromatic nitrogens is 4. The van der Waals surface area contributed by atoms with E-state index in [1.165, 1.54) is 10.7 Å². The number of nitrogens with one attached hydrogen (secondary N) is 1. The zero-order valence-corrected chi connectivity index (χ0v) is 12.8. The standard InChI is InChI=1S/C14H15F2N5O3/c1-2-24-14(23)6-5-13(22)17-8-12-18-19-20-21(12)9-3-4-10(15)11(16)7-9/h3-4,7H,2,5-6,8H2,1H3,(H,17,22). The smallest absolute Gasteiger partial charge is 0.306 e. The lowest BCUT2D eigenvalue weighted by Gasteiger charge is -2.07. The molecule has 1 aromatic carbocycles. The van der Waals surface area contributed by atoms with E-state index in [9.17, 15) is 18.4 Å². The average Bonchev–Trinajstić information content (AvgIpc) is 3.02. The van der Waals surface area contributed by atoms with Crippen molar-refractivity contribution in [2.75, 3.05) is 6.61 Å². The highest BCUT2D eigenvalue weighted by atomic mass is 19.2. The molecule has 10 heteroatoms. The Hall–Kier alpha value is -2.91. The lowest BCUT2D eigenvalue weighted by atomic mass is 10.3. The van der Waals surface area contributed by atoms with Gasteiger partial charge in [0.15, 0.2) is 17.5 Å². The summed E-state index contributed by atoms with van der Waals surface area (Å²) in [7, 11) is 0. The number of carbonyl (C=O) groups is 2. The maximum atomic E-state index is 13.3. The normalized spacial score (nSPS) is 10.5. The average molecular weight is 339 g/mol. The lowest BCUT2D eigenvalue weighted by Crippen LogP contribution is -2.25. The van der Waals surface area contributed by atoms with Crippen LogP contribution >= 0.6 is 0 Å². The summed E-state index contributed by atoms with van der Waals surface area (Å²) in [4.78, 5) is 22.9. The molecule has 0 fully saturated rings. The van der Waals surface area contributed by atoms with Gasteiger partial charge in [-0.15, -0.1) is 5.10 Å². The summed E-state index contributed by atoms with van der Waals surface area (Å²) in [5.41, 5.74) is 0.217. The number of amides is 1. The zero-order valence-electron chi connectivity index (χ0n) is 12.8. The first-order valence-electron chi connectivity index (χ1n) is 7.16. The van der Waals surface area contributed by atoms with Crippen molar-refractivity contribution in [2.24, 2.45) is 0 Å². The largest absolute Gasteiger partial charge is 0.466 e. The van der Waals surface area contributed by atoms with Crippen LogP contribution in [0.25, 0.3) is 5.69 Å². The molecule has 8 nitrogen and oxygen atoms in total. The Morgan fingerprint density at radius 1 is 1.25 bits per heavy atom. The van der Waals surface area contributed by atoms with E-state index < -0.39 is 17.6 Å². The van der Waals surface area contributed by atoms with Crippen LogP contribution in [0.3, 0.4) is 0 Å². The van der Waals surface area contributed by atoms with E-state index in [0.717, 1.165) is 12.1 Å². The third-order valence-electron chi connectivity index (χ3n) is 2.99. The van der Waals surface area contributed by atoms with Crippen LogP contribution in [0.1, 0.15) is 25.6 Å². The van der Waals surface area contributed by atoms with Gasteiger partial charge in [-0.1, -0.05) is 0 Å². The molecule has 0 unspecified atom stereocenters. The van der Waals surface area contributed by atoms with Gasteiger partial charge in [0.1, 0.15) is 0 Å². The minimum Gasteiger partial charge on any atom is -0.466 e. The minimum absolute atomic E-state index is 0.0339. The Balaban J connectivity index is 1.94. The third-order valence-corrected chi connectivity index (χ3v) is 2.99. The van der Waals surface area contributed by atoms with Crippen molar-refractivity contribution >= 4 is 11.9 Å². The number of carbonyl (C=O) groups excluding carboxylic acids is 2. The molecular formula is C14H15F2N5O3. The first-order valence-corrected chi connectivity index (χ1v) is 7.16. The molecular weight excluding hydrogens is 324 g/mol. The summed E-state index contributed by atoms with van der Waals surface area (Å²) < 4.78 is 32.1. The van der Waals surface area contributed by atoms with Gasteiger partial charge in [0, 0.05) is 12.5 Å². The number of hydrogen-bond acceptors (Lipinski definition) is 6. The van der Waals surface area contributed by atoms with E-state index in [1.807, 2.05) is 0 Å². The quantitative estimate of drug-likeness (QED) is 0.753. The highest BCUT2D eigenvalue weighted by Gasteiger charge is 2.13. The minimum atomic E-state index is -1.03. The van der Waals surface area contributed by atoms with Crippen LogP contribution in [-0.2, 0) is 20.9 Å². The second kappa shape index (κ2) is 8.09. The van der Waals surface area contributed by atoms with E-state index in [2.05, 4.69) is 20.8 Å². The molecule has 0 saturated heterocycles. The molecule has 1 aromatic heterocycles. The van der Waals surface area contributed by atoms with E-state index in [4.69, 9.17) is 4.74 Å². The van der Waals surface area contributed by atoms with Crippen LogP contribution in [-0.4, -0.2) is 38.7 Å². The van der Waals surface area contributed by atoms with Crippen LogP contribution < -0.4 is 5.32 Å². The Bertz CT molecular complexity index is 735. The molecule has 0 atom stereocenters. The van der Waals surface area contributed by atoms with Crippen molar-refractivity contribution in [2.45, 2.75) is 26.3 Å². The number of halogens is 2. The Morgan fingerprint density at radius 3 is 2.75 bits per heavy atom. The molecule has 1 amide bonds. The van der Waals surface area contributed by atoms with Gasteiger partial charge in [-0.3, -0.25) is 9.59 Å². The van der Waals surface area contributed by atoms with E-state index in [1.54, 1.807) is 6.92 Å².